The predicted octanol–water partition coefficient (Wildman–Crippen LogP) is 3.25. The van der Waals surface area contributed by atoms with E-state index in [1.807, 2.05) is 6.07 Å². The summed E-state index contributed by atoms with van der Waals surface area (Å²) in [5.41, 5.74) is 1.29. The van der Waals surface area contributed by atoms with Crippen molar-refractivity contribution in [3.05, 3.63) is 71.1 Å². The second-order valence-corrected chi connectivity index (χ2v) is 5.96. The topological polar surface area (TPSA) is 79.3 Å². The molecule has 0 aliphatic heterocycles. The van der Waals surface area contributed by atoms with Gasteiger partial charge in [0.25, 0.3) is 0 Å². The Kier molecular flexibility index (Phi) is 5.05. The molecule has 1 unspecified atom stereocenters. The number of Topliss-reactive ketones (excluding diaryl/α,β-unsaturated/α-hetero) is 2. The number of nitrogens with zero attached hydrogens (tertiary/aromatic N) is 1. The van der Waals surface area contributed by atoms with E-state index in [4.69, 9.17) is 0 Å². The number of aliphatic hydroxyl groups is 1. The normalized spacial score (nSPS) is 15.2. The number of hydrogen-bond donors (Lipinski definition) is 2. The van der Waals surface area contributed by atoms with Gasteiger partial charge in [-0.05, 0) is 25.1 Å². The maximum absolute atomic E-state index is 12.7. The lowest BCUT2D eigenvalue weighted by Gasteiger charge is -2.25. The molecule has 5 heteroatoms. The van der Waals surface area contributed by atoms with Crippen LogP contribution in [0.1, 0.15) is 47.4 Å². The summed E-state index contributed by atoms with van der Waals surface area (Å²) >= 11 is 0. The van der Waals surface area contributed by atoms with E-state index in [0.717, 1.165) is 12.8 Å². The summed E-state index contributed by atoms with van der Waals surface area (Å²) in [7, 11) is 0. The number of hydrogen-bond acceptors (Lipinski definition) is 5. The molecule has 25 heavy (non-hydrogen) atoms. The molecule has 1 heterocycles. The fraction of sp³-hybridized carbons (Fsp3) is 0.250. The van der Waals surface area contributed by atoms with E-state index in [9.17, 15) is 14.7 Å². The first-order valence-electron chi connectivity index (χ1n) is 8.41. The molecule has 3 rings (SSSR count). The summed E-state index contributed by atoms with van der Waals surface area (Å²) in [4.78, 5) is 29.5. The Balaban J connectivity index is 2.11. The predicted molar refractivity (Wildman–Crippen MR) is 95.2 cm³/mol. The minimum absolute atomic E-state index is 0.0681. The number of unbranched alkanes of at least 4 members (excludes halogenated alkanes) is 1. The van der Waals surface area contributed by atoms with Gasteiger partial charge in [0, 0.05) is 17.3 Å². The number of aromatic nitrogens is 1. The Bertz CT molecular complexity index is 828. The molecule has 0 saturated carbocycles. The van der Waals surface area contributed by atoms with Crippen LogP contribution in [-0.4, -0.2) is 28.2 Å². The van der Waals surface area contributed by atoms with Gasteiger partial charge in [0.05, 0.1) is 17.3 Å². The third-order valence-corrected chi connectivity index (χ3v) is 4.28. The van der Waals surface area contributed by atoms with Crippen LogP contribution in [0.15, 0.2) is 54.2 Å². The molecule has 0 saturated heterocycles. The number of carbonyl (C=O) groups excluding carboxylic acids is 2. The number of rotatable bonds is 6. The van der Waals surface area contributed by atoms with E-state index in [1.165, 1.54) is 0 Å². The van der Waals surface area contributed by atoms with Gasteiger partial charge in [0.2, 0.25) is 11.6 Å². The van der Waals surface area contributed by atoms with Gasteiger partial charge in [0.1, 0.15) is 5.76 Å². The standard InChI is InChI=1S/C20H20N2O3/c1-2-3-11-22-17(15-10-6-7-12-21-15)16-18(23)13-8-4-5-9-14(13)19(24)20(16)25/h4-10,12,17,22-23H,2-3,11H2,1H3. The van der Waals surface area contributed by atoms with Crippen LogP contribution in [-0.2, 0) is 4.79 Å². The highest BCUT2D eigenvalue weighted by Crippen LogP contribution is 2.34. The number of benzene rings is 1. The van der Waals surface area contributed by atoms with Crippen LogP contribution >= 0.6 is 0 Å². The number of ketones is 2. The minimum Gasteiger partial charge on any atom is -0.507 e. The summed E-state index contributed by atoms with van der Waals surface area (Å²) in [5.74, 6) is -1.43. The summed E-state index contributed by atoms with van der Waals surface area (Å²) in [6.07, 6.45) is 3.53. The van der Waals surface area contributed by atoms with Crippen molar-refractivity contribution in [2.75, 3.05) is 6.54 Å². The number of aliphatic hydroxyl groups excluding tert-OH is 1. The smallest absolute Gasteiger partial charge is 0.235 e. The molecule has 1 aliphatic rings. The molecule has 0 bridgehead atoms. The molecular formula is C20H20N2O3. The van der Waals surface area contributed by atoms with Crippen molar-refractivity contribution in [1.29, 1.82) is 0 Å². The Morgan fingerprint density at radius 3 is 2.44 bits per heavy atom. The maximum atomic E-state index is 12.7. The van der Waals surface area contributed by atoms with Crippen LogP contribution in [0.4, 0.5) is 0 Å². The van der Waals surface area contributed by atoms with Gasteiger partial charge >= 0.3 is 0 Å². The zero-order chi connectivity index (χ0) is 17.8. The second-order valence-electron chi connectivity index (χ2n) is 5.96. The molecule has 1 aromatic heterocycles. The van der Waals surface area contributed by atoms with E-state index >= 15 is 0 Å². The van der Waals surface area contributed by atoms with E-state index in [-0.39, 0.29) is 16.9 Å². The van der Waals surface area contributed by atoms with Gasteiger partial charge in [-0.3, -0.25) is 14.6 Å². The van der Waals surface area contributed by atoms with Crippen molar-refractivity contribution in [1.82, 2.24) is 10.3 Å². The van der Waals surface area contributed by atoms with Crippen molar-refractivity contribution in [2.24, 2.45) is 0 Å². The van der Waals surface area contributed by atoms with Gasteiger partial charge in [-0.2, -0.15) is 0 Å². The van der Waals surface area contributed by atoms with Crippen LogP contribution in [0.5, 0.6) is 0 Å². The lowest BCUT2D eigenvalue weighted by atomic mass is 9.84. The van der Waals surface area contributed by atoms with Crippen LogP contribution in [0.3, 0.4) is 0 Å². The molecule has 0 spiro atoms. The third-order valence-electron chi connectivity index (χ3n) is 4.28. The van der Waals surface area contributed by atoms with Crippen LogP contribution in [0, 0.1) is 0 Å². The van der Waals surface area contributed by atoms with E-state index in [0.29, 0.717) is 17.8 Å². The minimum atomic E-state index is -0.684. The summed E-state index contributed by atoms with van der Waals surface area (Å²) in [5, 5.41) is 14.0. The van der Waals surface area contributed by atoms with Crippen molar-refractivity contribution in [2.45, 2.75) is 25.8 Å². The first kappa shape index (κ1) is 17.0. The summed E-state index contributed by atoms with van der Waals surface area (Å²) in [6.45, 7) is 2.72. The van der Waals surface area contributed by atoms with E-state index in [2.05, 4.69) is 17.2 Å². The number of nitrogens with one attached hydrogen (secondary N) is 1. The third kappa shape index (κ3) is 3.23. The summed E-state index contributed by atoms with van der Waals surface area (Å²) in [6, 6.07) is 11.4. The highest BCUT2D eigenvalue weighted by Gasteiger charge is 2.37. The zero-order valence-electron chi connectivity index (χ0n) is 14.0. The van der Waals surface area contributed by atoms with Crippen molar-refractivity contribution < 1.29 is 14.7 Å². The number of fused-ring (bicyclic) bond motifs is 1. The van der Waals surface area contributed by atoms with Gasteiger partial charge < -0.3 is 10.4 Å². The van der Waals surface area contributed by atoms with Crippen molar-refractivity contribution in [3.63, 3.8) is 0 Å². The number of pyridine rings is 1. The van der Waals surface area contributed by atoms with Crippen LogP contribution < -0.4 is 5.32 Å². The number of carbonyl (C=O) groups is 2. The van der Waals surface area contributed by atoms with Crippen molar-refractivity contribution >= 4 is 17.3 Å². The van der Waals surface area contributed by atoms with Gasteiger partial charge in [-0.25, -0.2) is 0 Å². The van der Waals surface area contributed by atoms with Crippen LogP contribution in [0.25, 0.3) is 5.76 Å². The Morgan fingerprint density at radius 1 is 1.04 bits per heavy atom. The molecule has 2 N–H and O–H groups in total. The van der Waals surface area contributed by atoms with E-state index in [1.54, 1.807) is 42.6 Å². The molecule has 1 aromatic carbocycles. The van der Waals surface area contributed by atoms with Crippen molar-refractivity contribution in [3.8, 4) is 0 Å². The van der Waals surface area contributed by atoms with E-state index < -0.39 is 17.6 Å². The monoisotopic (exact) mass is 336 g/mol. The van der Waals surface area contributed by atoms with Crippen LogP contribution in [0.2, 0.25) is 0 Å². The van der Waals surface area contributed by atoms with Gasteiger partial charge in [-0.15, -0.1) is 0 Å². The molecule has 0 radical (unpaired) electrons. The lowest BCUT2D eigenvalue weighted by Crippen LogP contribution is -2.34. The SMILES string of the molecule is CCCCNC(C1=C(O)c2ccccc2C(=O)C1=O)c1ccccn1. The molecule has 5 nitrogen and oxygen atoms in total. The molecule has 128 valence electrons. The quantitative estimate of drug-likeness (QED) is 0.625. The Labute approximate surface area is 146 Å². The largest absolute Gasteiger partial charge is 0.507 e. The Morgan fingerprint density at radius 2 is 1.76 bits per heavy atom. The molecular weight excluding hydrogens is 316 g/mol. The fourth-order valence-corrected chi connectivity index (χ4v) is 2.98. The average molecular weight is 336 g/mol. The molecule has 0 amide bonds. The second kappa shape index (κ2) is 7.40. The zero-order valence-corrected chi connectivity index (χ0v) is 14.0. The lowest BCUT2D eigenvalue weighted by molar-refractivity contribution is -0.112. The molecule has 0 fully saturated rings. The maximum Gasteiger partial charge on any atom is 0.235 e. The highest BCUT2D eigenvalue weighted by atomic mass is 16.3. The molecule has 1 aliphatic carbocycles. The fourth-order valence-electron chi connectivity index (χ4n) is 2.98. The highest BCUT2D eigenvalue weighted by molar-refractivity contribution is 6.52. The molecule has 2 aromatic rings. The summed E-state index contributed by atoms with van der Waals surface area (Å²) < 4.78 is 0. The van der Waals surface area contributed by atoms with Gasteiger partial charge in [-0.1, -0.05) is 43.7 Å². The first-order valence-corrected chi connectivity index (χ1v) is 8.41. The first-order chi connectivity index (χ1) is 12.1. The molecule has 1 atom stereocenters. The Hall–Kier alpha value is -2.79. The average Bonchev–Trinajstić information content (AvgIpc) is 2.66. The van der Waals surface area contributed by atoms with Gasteiger partial charge in [0.15, 0.2) is 0 Å².